The molecule has 4 rings (SSSR count). The average molecular weight is 603 g/mol. The van der Waals surface area contributed by atoms with E-state index in [1.54, 1.807) is 31.2 Å². The van der Waals surface area contributed by atoms with Crippen molar-refractivity contribution < 1.29 is 18.0 Å². The van der Waals surface area contributed by atoms with Crippen LogP contribution in [0.4, 0.5) is 5.69 Å². The number of benzene rings is 3. The lowest BCUT2D eigenvalue weighted by Gasteiger charge is -2.32. The first-order chi connectivity index (χ1) is 19.1. The summed E-state index contributed by atoms with van der Waals surface area (Å²) in [6, 6.07) is 19.1. The normalized spacial score (nSPS) is 14.5. The molecule has 0 unspecified atom stereocenters. The molecule has 0 heterocycles. The van der Waals surface area contributed by atoms with Crippen LogP contribution in [-0.4, -0.2) is 43.8 Å². The predicted molar refractivity (Wildman–Crippen MR) is 159 cm³/mol. The Morgan fingerprint density at radius 3 is 2.27 bits per heavy atom. The Balaban J connectivity index is 1.70. The van der Waals surface area contributed by atoms with E-state index in [4.69, 9.17) is 23.2 Å². The van der Waals surface area contributed by atoms with Gasteiger partial charge in [-0.25, -0.2) is 8.42 Å². The summed E-state index contributed by atoms with van der Waals surface area (Å²) < 4.78 is 28.7. The van der Waals surface area contributed by atoms with E-state index < -0.39 is 28.5 Å². The molecule has 7 nitrogen and oxygen atoms in total. The Labute approximate surface area is 246 Å². The lowest BCUT2D eigenvalue weighted by atomic mass is 10.1. The van der Waals surface area contributed by atoms with Crippen molar-refractivity contribution in [2.45, 2.75) is 63.1 Å². The van der Waals surface area contributed by atoms with Crippen LogP contribution in [0, 0.1) is 6.92 Å². The molecule has 0 bridgehead atoms. The minimum Gasteiger partial charge on any atom is -0.352 e. The molecule has 40 heavy (non-hydrogen) atoms. The second kappa shape index (κ2) is 13.1. The van der Waals surface area contributed by atoms with Crippen LogP contribution in [0.1, 0.15) is 43.7 Å². The SMILES string of the molecule is Cc1ccc(CN(C(=O)CN(c2cc(Cl)ccc2Cl)S(=O)(=O)c2ccccc2)[C@@H](C)C(=O)NC2CCCC2)cc1. The molecule has 0 saturated heterocycles. The molecule has 10 heteroatoms. The lowest BCUT2D eigenvalue weighted by Crippen LogP contribution is -2.52. The van der Waals surface area contributed by atoms with E-state index in [0.717, 1.165) is 41.1 Å². The van der Waals surface area contributed by atoms with Gasteiger partial charge >= 0.3 is 0 Å². The summed E-state index contributed by atoms with van der Waals surface area (Å²) in [5.74, 6) is -0.823. The second-order valence-corrected chi connectivity index (χ2v) is 12.8. The second-order valence-electron chi connectivity index (χ2n) is 10.1. The number of carbonyl (C=O) groups is 2. The number of hydrogen-bond donors (Lipinski definition) is 1. The highest BCUT2D eigenvalue weighted by Gasteiger charge is 2.34. The molecule has 0 aromatic heterocycles. The molecule has 1 saturated carbocycles. The first-order valence-electron chi connectivity index (χ1n) is 13.2. The summed E-state index contributed by atoms with van der Waals surface area (Å²) in [6.45, 7) is 3.18. The molecule has 1 fully saturated rings. The highest BCUT2D eigenvalue weighted by Crippen LogP contribution is 2.33. The summed E-state index contributed by atoms with van der Waals surface area (Å²) >= 11 is 12.7. The van der Waals surface area contributed by atoms with Crippen molar-refractivity contribution in [3.8, 4) is 0 Å². The Morgan fingerprint density at radius 1 is 0.975 bits per heavy atom. The van der Waals surface area contributed by atoms with Crippen LogP contribution in [0.25, 0.3) is 0 Å². The van der Waals surface area contributed by atoms with E-state index in [-0.39, 0.29) is 39.1 Å². The highest BCUT2D eigenvalue weighted by molar-refractivity contribution is 7.92. The van der Waals surface area contributed by atoms with Crippen LogP contribution in [0.3, 0.4) is 0 Å². The van der Waals surface area contributed by atoms with Crippen molar-refractivity contribution in [3.63, 3.8) is 0 Å². The van der Waals surface area contributed by atoms with Crippen LogP contribution in [0.5, 0.6) is 0 Å². The molecular weight excluding hydrogens is 569 g/mol. The quantitative estimate of drug-likeness (QED) is 0.310. The van der Waals surface area contributed by atoms with E-state index in [2.05, 4.69) is 5.32 Å². The number of halogens is 2. The van der Waals surface area contributed by atoms with Crippen LogP contribution in [0.15, 0.2) is 77.7 Å². The van der Waals surface area contributed by atoms with Gasteiger partial charge in [0.05, 0.1) is 15.6 Å². The fourth-order valence-electron chi connectivity index (χ4n) is 4.77. The van der Waals surface area contributed by atoms with Crippen molar-refractivity contribution in [3.05, 3.63) is 94.0 Å². The number of anilines is 1. The van der Waals surface area contributed by atoms with Gasteiger partial charge in [0.2, 0.25) is 11.8 Å². The third-order valence-electron chi connectivity index (χ3n) is 7.13. The van der Waals surface area contributed by atoms with Crippen molar-refractivity contribution in [2.24, 2.45) is 0 Å². The molecule has 1 aliphatic carbocycles. The van der Waals surface area contributed by atoms with E-state index in [1.807, 2.05) is 31.2 Å². The maximum Gasteiger partial charge on any atom is 0.264 e. The van der Waals surface area contributed by atoms with Gasteiger partial charge in [-0.2, -0.15) is 0 Å². The summed E-state index contributed by atoms with van der Waals surface area (Å²) in [6.07, 6.45) is 3.91. The lowest BCUT2D eigenvalue weighted by molar-refractivity contribution is -0.139. The fraction of sp³-hybridized carbons (Fsp3) is 0.333. The van der Waals surface area contributed by atoms with Gasteiger partial charge in [0.25, 0.3) is 10.0 Å². The number of carbonyl (C=O) groups excluding carboxylic acids is 2. The predicted octanol–water partition coefficient (Wildman–Crippen LogP) is 5.97. The summed E-state index contributed by atoms with van der Waals surface area (Å²) in [5, 5.41) is 3.45. The molecule has 0 aliphatic heterocycles. The summed E-state index contributed by atoms with van der Waals surface area (Å²) in [4.78, 5) is 28.7. The molecule has 1 N–H and O–H groups in total. The molecule has 0 spiro atoms. The monoisotopic (exact) mass is 601 g/mol. The molecule has 212 valence electrons. The van der Waals surface area contributed by atoms with Crippen LogP contribution >= 0.6 is 23.2 Å². The average Bonchev–Trinajstić information content (AvgIpc) is 3.45. The van der Waals surface area contributed by atoms with Gasteiger partial charge in [-0.3, -0.25) is 13.9 Å². The van der Waals surface area contributed by atoms with Gasteiger partial charge in [0.15, 0.2) is 0 Å². The first kappa shape index (κ1) is 29.9. The topological polar surface area (TPSA) is 86.8 Å². The van der Waals surface area contributed by atoms with Crippen LogP contribution in [-0.2, 0) is 26.2 Å². The van der Waals surface area contributed by atoms with E-state index in [0.29, 0.717) is 0 Å². The minimum absolute atomic E-state index is 0.00375. The number of nitrogens with zero attached hydrogens (tertiary/aromatic N) is 2. The Kier molecular flexibility index (Phi) is 9.77. The van der Waals surface area contributed by atoms with Gasteiger partial charge in [0, 0.05) is 17.6 Å². The van der Waals surface area contributed by atoms with Crippen molar-refractivity contribution in [2.75, 3.05) is 10.8 Å². The maximum atomic E-state index is 14.0. The molecular formula is C30H33Cl2N3O4S. The third kappa shape index (κ3) is 7.16. The number of sulfonamides is 1. The maximum absolute atomic E-state index is 14.0. The third-order valence-corrected chi connectivity index (χ3v) is 9.46. The Hall–Kier alpha value is -3.07. The van der Waals surface area contributed by atoms with Gasteiger partial charge < -0.3 is 10.2 Å². The zero-order valence-electron chi connectivity index (χ0n) is 22.5. The molecule has 3 aromatic rings. The summed E-state index contributed by atoms with van der Waals surface area (Å²) in [7, 11) is -4.22. The van der Waals surface area contributed by atoms with E-state index in [9.17, 15) is 18.0 Å². The van der Waals surface area contributed by atoms with Gasteiger partial charge in [-0.05, 0) is 62.6 Å². The molecule has 0 radical (unpaired) electrons. The number of hydrogen-bond acceptors (Lipinski definition) is 4. The van der Waals surface area contributed by atoms with Gasteiger partial charge in [0.1, 0.15) is 12.6 Å². The van der Waals surface area contributed by atoms with E-state index >= 15 is 0 Å². The summed E-state index contributed by atoms with van der Waals surface area (Å²) in [5.41, 5.74) is 1.95. The van der Waals surface area contributed by atoms with Crippen LogP contribution < -0.4 is 9.62 Å². The first-order valence-corrected chi connectivity index (χ1v) is 15.4. The van der Waals surface area contributed by atoms with Crippen molar-refractivity contribution in [1.82, 2.24) is 10.2 Å². The number of amides is 2. The number of nitrogens with one attached hydrogen (secondary N) is 1. The largest absolute Gasteiger partial charge is 0.352 e. The minimum atomic E-state index is -4.22. The Morgan fingerprint density at radius 2 is 1.62 bits per heavy atom. The van der Waals surface area contributed by atoms with Gasteiger partial charge in [-0.15, -0.1) is 0 Å². The van der Waals surface area contributed by atoms with Crippen molar-refractivity contribution >= 4 is 50.7 Å². The van der Waals surface area contributed by atoms with Crippen molar-refractivity contribution in [1.29, 1.82) is 0 Å². The fourth-order valence-corrected chi connectivity index (χ4v) is 6.66. The standard InChI is InChI=1S/C30H33Cl2N3O4S/c1-21-12-14-23(15-13-21)19-34(22(2)30(37)33-25-8-6-7-9-25)29(36)20-35(28-18-24(31)16-17-27(28)32)40(38,39)26-10-4-3-5-11-26/h3-5,10-18,22,25H,6-9,19-20H2,1-2H3,(H,33,37)/t22-/m0/s1. The van der Waals surface area contributed by atoms with E-state index in [1.165, 1.54) is 29.2 Å². The number of rotatable bonds is 10. The number of aryl methyl sites for hydroxylation is 1. The molecule has 1 aliphatic rings. The zero-order valence-corrected chi connectivity index (χ0v) is 24.8. The van der Waals surface area contributed by atoms with Gasteiger partial charge in [-0.1, -0.05) is 84.1 Å². The zero-order chi connectivity index (χ0) is 28.9. The Bertz CT molecular complexity index is 1440. The highest BCUT2D eigenvalue weighted by atomic mass is 35.5. The molecule has 3 aromatic carbocycles. The molecule has 1 atom stereocenters. The smallest absolute Gasteiger partial charge is 0.264 e. The molecule has 2 amide bonds. The van der Waals surface area contributed by atoms with Crippen LogP contribution in [0.2, 0.25) is 10.0 Å².